The maximum Gasteiger partial charge on any atom is 0.255 e. The number of anilines is 2. The number of primary amides is 1. The van der Waals surface area contributed by atoms with Crippen molar-refractivity contribution in [1.82, 2.24) is 14.9 Å². The third-order valence-electron chi connectivity index (χ3n) is 8.71. The van der Waals surface area contributed by atoms with Gasteiger partial charge in [-0.05, 0) is 50.7 Å². The lowest BCUT2D eigenvalue weighted by Gasteiger charge is -2.40. The number of nitrogens with one attached hydrogen (secondary N) is 1. The molecule has 10 heteroatoms. The maximum atomic E-state index is 12.7. The number of aromatic amines is 1. The molecule has 0 bridgehead atoms. The van der Waals surface area contributed by atoms with Gasteiger partial charge in [-0.3, -0.25) is 19.5 Å². The Morgan fingerprint density at radius 1 is 1.11 bits per heavy atom. The molecule has 9 nitrogen and oxygen atoms in total. The second-order valence-corrected chi connectivity index (χ2v) is 11.3. The quantitative estimate of drug-likeness (QED) is 0.614. The lowest BCUT2D eigenvalue weighted by Crippen LogP contribution is -2.47. The molecule has 1 spiro atoms. The molecule has 3 aliphatic heterocycles. The standard InChI is InChI=1S/C27H35ClN6O3/c28-20-15-18(24(29)35)16-22-23(20)27(17-34(22)10-9-32-11-13-37-14-12-32)5-7-33(8-6-27)26-30-21-4-2-1-3-19(21)25(36)31-26/h15-16H,1-14,17H2,(H2,29,35)(H,30,31,36). The number of carbonyl (C=O) groups is 1. The molecule has 2 saturated heterocycles. The average molecular weight is 527 g/mol. The number of rotatable bonds is 5. The van der Waals surface area contributed by atoms with Gasteiger partial charge in [0.15, 0.2) is 0 Å². The van der Waals surface area contributed by atoms with E-state index < -0.39 is 5.91 Å². The van der Waals surface area contributed by atoms with Gasteiger partial charge in [-0.2, -0.15) is 0 Å². The molecule has 198 valence electrons. The molecular weight excluding hydrogens is 492 g/mol. The zero-order valence-electron chi connectivity index (χ0n) is 21.2. The van der Waals surface area contributed by atoms with Gasteiger partial charge in [0.2, 0.25) is 11.9 Å². The normalized spacial score (nSPS) is 21.2. The first-order chi connectivity index (χ1) is 17.9. The highest BCUT2D eigenvalue weighted by Gasteiger charge is 2.46. The highest BCUT2D eigenvalue weighted by atomic mass is 35.5. The molecule has 4 aliphatic rings. The molecule has 2 fully saturated rings. The third-order valence-corrected chi connectivity index (χ3v) is 9.01. The van der Waals surface area contributed by atoms with Crippen LogP contribution in [0.15, 0.2) is 16.9 Å². The van der Waals surface area contributed by atoms with Crippen LogP contribution in [0.4, 0.5) is 11.6 Å². The smallest absolute Gasteiger partial charge is 0.255 e. The van der Waals surface area contributed by atoms with E-state index in [4.69, 9.17) is 27.1 Å². The molecule has 1 amide bonds. The fourth-order valence-corrected chi connectivity index (χ4v) is 7.03. The van der Waals surface area contributed by atoms with Crippen LogP contribution in [0.1, 0.15) is 52.9 Å². The molecule has 4 heterocycles. The number of carbonyl (C=O) groups excluding carboxylic acids is 1. The fourth-order valence-electron chi connectivity index (χ4n) is 6.62. The van der Waals surface area contributed by atoms with E-state index >= 15 is 0 Å². The monoisotopic (exact) mass is 526 g/mol. The zero-order chi connectivity index (χ0) is 25.6. The fraction of sp³-hybridized carbons (Fsp3) is 0.593. The molecule has 6 rings (SSSR count). The third kappa shape index (κ3) is 4.62. The van der Waals surface area contributed by atoms with Crippen molar-refractivity contribution in [3.8, 4) is 0 Å². The molecule has 0 radical (unpaired) electrons. The van der Waals surface area contributed by atoms with Crippen LogP contribution in [0.3, 0.4) is 0 Å². The minimum absolute atomic E-state index is 0.0162. The Morgan fingerprint density at radius 2 is 1.86 bits per heavy atom. The van der Waals surface area contributed by atoms with Gasteiger partial charge in [-0.1, -0.05) is 11.6 Å². The summed E-state index contributed by atoms with van der Waals surface area (Å²) in [5.74, 6) is 0.231. The number of morpholine rings is 1. The van der Waals surface area contributed by atoms with Gasteiger partial charge in [-0.25, -0.2) is 4.98 Å². The Morgan fingerprint density at radius 3 is 2.62 bits per heavy atom. The summed E-state index contributed by atoms with van der Waals surface area (Å²) in [5.41, 5.74) is 9.99. The number of aryl methyl sites for hydroxylation is 1. The number of H-pyrrole nitrogens is 1. The van der Waals surface area contributed by atoms with Crippen molar-refractivity contribution >= 4 is 29.1 Å². The molecular formula is C27H35ClN6O3. The van der Waals surface area contributed by atoms with E-state index in [0.717, 1.165) is 120 Å². The van der Waals surface area contributed by atoms with Crippen molar-refractivity contribution in [2.24, 2.45) is 5.73 Å². The molecule has 37 heavy (non-hydrogen) atoms. The highest BCUT2D eigenvalue weighted by molar-refractivity contribution is 6.32. The van der Waals surface area contributed by atoms with Crippen LogP contribution in [0.2, 0.25) is 5.02 Å². The van der Waals surface area contributed by atoms with E-state index in [9.17, 15) is 9.59 Å². The molecule has 0 atom stereocenters. The van der Waals surface area contributed by atoms with Crippen molar-refractivity contribution in [3.63, 3.8) is 0 Å². The molecule has 0 unspecified atom stereocenters. The van der Waals surface area contributed by atoms with Gasteiger partial charge in [0.25, 0.3) is 5.56 Å². The number of aromatic nitrogens is 2. The van der Waals surface area contributed by atoms with Gasteiger partial charge in [0.05, 0.1) is 18.9 Å². The Hall–Kier alpha value is -2.62. The summed E-state index contributed by atoms with van der Waals surface area (Å²) in [4.78, 5) is 39.7. The number of nitrogens with zero attached hydrogens (tertiary/aromatic N) is 4. The zero-order valence-corrected chi connectivity index (χ0v) is 22.0. The number of halogens is 1. The van der Waals surface area contributed by atoms with Gasteiger partial charge >= 0.3 is 0 Å². The van der Waals surface area contributed by atoms with Crippen LogP contribution >= 0.6 is 11.6 Å². The largest absolute Gasteiger partial charge is 0.379 e. The number of piperidine rings is 1. The Balaban J connectivity index is 1.25. The summed E-state index contributed by atoms with van der Waals surface area (Å²) in [5, 5.41) is 0.619. The van der Waals surface area contributed by atoms with Crippen LogP contribution in [-0.4, -0.2) is 79.8 Å². The van der Waals surface area contributed by atoms with Gasteiger partial charge in [-0.15, -0.1) is 0 Å². The number of nitrogens with two attached hydrogens (primary N) is 1. The van der Waals surface area contributed by atoms with Crippen molar-refractivity contribution < 1.29 is 9.53 Å². The van der Waals surface area contributed by atoms with Crippen LogP contribution in [0.25, 0.3) is 0 Å². The second-order valence-electron chi connectivity index (χ2n) is 10.9. The molecule has 1 aromatic heterocycles. The molecule has 2 aromatic rings. The van der Waals surface area contributed by atoms with Crippen LogP contribution in [0.5, 0.6) is 0 Å². The summed E-state index contributed by atoms with van der Waals surface area (Å²) in [7, 11) is 0. The van der Waals surface area contributed by atoms with Gasteiger partial charge < -0.3 is 20.3 Å². The first-order valence-electron chi connectivity index (χ1n) is 13.5. The summed E-state index contributed by atoms with van der Waals surface area (Å²) in [6, 6.07) is 3.65. The van der Waals surface area contributed by atoms with E-state index in [1.165, 1.54) is 0 Å². The Kier molecular flexibility index (Phi) is 6.63. The van der Waals surface area contributed by atoms with Gasteiger partial charge in [0.1, 0.15) is 0 Å². The van der Waals surface area contributed by atoms with E-state index in [0.29, 0.717) is 16.5 Å². The second kappa shape index (κ2) is 9.93. The molecule has 1 aromatic carbocycles. The van der Waals surface area contributed by atoms with Crippen LogP contribution in [0, 0.1) is 0 Å². The highest BCUT2D eigenvalue weighted by Crippen LogP contribution is 2.50. The Labute approximate surface area is 221 Å². The number of fused-ring (bicyclic) bond motifs is 3. The minimum atomic E-state index is -0.462. The number of benzene rings is 1. The molecule has 1 aliphatic carbocycles. The van der Waals surface area contributed by atoms with E-state index in [2.05, 4.69) is 19.7 Å². The SMILES string of the molecule is NC(=O)c1cc(Cl)c2c(c1)N(CCN1CCOCC1)CC21CCN(c2nc3c(c(=O)[nH]2)CCCC3)CC1. The van der Waals surface area contributed by atoms with Crippen molar-refractivity contribution in [1.29, 1.82) is 0 Å². The maximum absolute atomic E-state index is 12.7. The topological polar surface area (TPSA) is 108 Å². The van der Waals surface area contributed by atoms with Crippen LogP contribution in [-0.2, 0) is 23.0 Å². The number of hydrogen-bond donors (Lipinski definition) is 2. The number of amides is 1. The average Bonchev–Trinajstić information content (AvgIpc) is 3.21. The van der Waals surface area contributed by atoms with Crippen molar-refractivity contribution in [3.05, 3.63) is 49.9 Å². The van der Waals surface area contributed by atoms with E-state index in [1.54, 1.807) is 6.07 Å². The number of hydrogen-bond acceptors (Lipinski definition) is 7. The van der Waals surface area contributed by atoms with E-state index in [1.807, 2.05) is 6.07 Å². The summed E-state index contributed by atoms with van der Waals surface area (Å²) < 4.78 is 5.50. The minimum Gasteiger partial charge on any atom is -0.379 e. The number of ether oxygens (including phenoxy) is 1. The summed E-state index contributed by atoms with van der Waals surface area (Å²) in [6.07, 6.45) is 5.64. The van der Waals surface area contributed by atoms with Crippen molar-refractivity contribution in [2.75, 3.05) is 68.8 Å². The lowest BCUT2D eigenvalue weighted by atomic mass is 9.74. The molecule has 3 N–H and O–H groups in total. The summed E-state index contributed by atoms with van der Waals surface area (Å²) in [6.45, 7) is 7.64. The van der Waals surface area contributed by atoms with Crippen LogP contribution < -0.4 is 21.1 Å². The molecule has 0 saturated carbocycles. The predicted octanol–water partition coefficient (Wildman–Crippen LogP) is 2.09. The summed E-state index contributed by atoms with van der Waals surface area (Å²) >= 11 is 6.87. The van der Waals surface area contributed by atoms with E-state index in [-0.39, 0.29) is 11.0 Å². The first-order valence-corrected chi connectivity index (χ1v) is 13.9. The Bertz CT molecular complexity index is 1250. The van der Waals surface area contributed by atoms with Gasteiger partial charge in [0, 0.05) is 78.6 Å². The van der Waals surface area contributed by atoms with Crippen molar-refractivity contribution in [2.45, 2.75) is 43.9 Å². The lowest BCUT2D eigenvalue weighted by molar-refractivity contribution is 0.0391. The predicted molar refractivity (Wildman–Crippen MR) is 144 cm³/mol. The first kappa shape index (κ1) is 24.7.